The van der Waals surface area contributed by atoms with E-state index in [1.807, 2.05) is 25.1 Å². The van der Waals surface area contributed by atoms with E-state index >= 15 is 0 Å². The molecular weight excluding hydrogens is 313 g/mol. The Morgan fingerprint density at radius 1 is 1.35 bits per heavy atom. The second-order valence-corrected chi connectivity index (χ2v) is 6.43. The molecule has 122 valence electrons. The van der Waals surface area contributed by atoms with Crippen molar-refractivity contribution in [3.05, 3.63) is 46.5 Å². The Labute approximate surface area is 139 Å². The van der Waals surface area contributed by atoms with E-state index < -0.39 is 0 Å². The first-order valence-electron chi connectivity index (χ1n) is 7.68. The lowest BCUT2D eigenvalue weighted by atomic mass is 10.0. The monoisotopic (exact) mass is 333 g/mol. The van der Waals surface area contributed by atoms with E-state index in [0.29, 0.717) is 12.2 Å². The predicted octanol–water partition coefficient (Wildman–Crippen LogP) is 3.82. The predicted molar refractivity (Wildman–Crippen MR) is 91.2 cm³/mol. The second kappa shape index (κ2) is 7.19. The first kappa shape index (κ1) is 16.1. The number of aryl methyl sites for hydroxylation is 1. The summed E-state index contributed by atoms with van der Waals surface area (Å²) in [6.45, 7) is 4.16. The molecular formula is C17H20FN3OS. The van der Waals surface area contributed by atoms with Crippen LogP contribution in [0.15, 0.2) is 23.8 Å². The van der Waals surface area contributed by atoms with Gasteiger partial charge in [-0.25, -0.2) is 9.37 Å². The topological polar surface area (TPSA) is 38.2 Å². The van der Waals surface area contributed by atoms with E-state index in [4.69, 9.17) is 4.74 Å². The molecule has 1 fully saturated rings. The van der Waals surface area contributed by atoms with Crippen molar-refractivity contribution in [3.8, 4) is 0 Å². The van der Waals surface area contributed by atoms with Gasteiger partial charge in [-0.2, -0.15) is 4.37 Å². The van der Waals surface area contributed by atoms with Crippen LogP contribution in [0.4, 0.5) is 9.52 Å². The van der Waals surface area contributed by atoms with Crippen LogP contribution in [-0.2, 0) is 11.3 Å². The molecule has 1 saturated heterocycles. The summed E-state index contributed by atoms with van der Waals surface area (Å²) in [5.74, 6) is 0.638. The number of hydrogen-bond donors (Lipinski definition) is 0. The number of rotatable bonds is 4. The van der Waals surface area contributed by atoms with Crippen LogP contribution in [0.1, 0.15) is 29.8 Å². The number of anilines is 1. The highest BCUT2D eigenvalue weighted by atomic mass is 32.1. The number of halogens is 1. The first-order chi connectivity index (χ1) is 11.2. The molecule has 0 amide bonds. The number of hydrogen-bond acceptors (Lipinski definition) is 5. The SMILES string of the molecule is COCc1ccc(C=C2CCN(c3nc(C)ns3)CC2)c(F)c1. The van der Waals surface area contributed by atoms with Crippen LogP contribution in [0.3, 0.4) is 0 Å². The number of aromatic nitrogens is 2. The summed E-state index contributed by atoms with van der Waals surface area (Å²) in [7, 11) is 1.61. The molecule has 0 unspecified atom stereocenters. The van der Waals surface area contributed by atoms with Crippen LogP contribution < -0.4 is 4.90 Å². The Kier molecular flexibility index (Phi) is 5.03. The van der Waals surface area contributed by atoms with E-state index in [1.54, 1.807) is 13.2 Å². The molecule has 0 N–H and O–H groups in total. The van der Waals surface area contributed by atoms with Gasteiger partial charge >= 0.3 is 0 Å². The number of benzene rings is 1. The maximum Gasteiger partial charge on any atom is 0.205 e. The fraction of sp³-hybridized carbons (Fsp3) is 0.412. The minimum atomic E-state index is -0.186. The van der Waals surface area contributed by atoms with Crippen LogP contribution in [0, 0.1) is 12.7 Å². The van der Waals surface area contributed by atoms with Gasteiger partial charge in [-0.3, -0.25) is 0 Å². The second-order valence-electron chi connectivity index (χ2n) is 5.70. The van der Waals surface area contributed by atoms with E-state index in [0.717, 1.165) is 42.5 Å². The van der Waals surface area contributed by atoms with Crippen molar-refractivity contribution in [1.82, 2.24) is 9.36 Å². The van der Waals surface area contributed by atoms with Gasteiger partial charge in [-0.15, -0.1) is 0 Å². The van der Waals surface area contributed by atoms with Gasteiger partial charge in [-0.1, -0.05) is 23.8 Å². The quantitative estimate of drug-likeness (QED) is 0.853. The molecule has 23 heavy (non-hydrogen) atoms. The molecule has 1 aromatic heterocycles. The summed E-state index contributed by atoms with van der Waals surface area (Å²) in [4.78, 5) is 6.68. The van der Waals surface area contributed by atoms with Crippen molar-refractivity contribution >= 4 is 22.7 Å². The third kappa shape index (κ3) is 3.95. The minimum absolute atomic E-state index is 0.186. The van der Waals surface area contributed by atoms with Crippen LogP contribution >= 0.6 is 11.5 Å². The van der Waals surface area contributed by atoms with Crippen molar-refractivity contribution in [2.24, 2.45) is 0 Å². The van der Waals surface area contributed by atoms with Gasteiger partial charge < -0.3 is 9.64 Å². The highest BCUT2D eigenvalue weighted by Crippen LogP contribution is 2.26. The zero-order valence-corrected chi connectivity index (χ0v) is 14.2. The molecule has 0 aliphatic carbocycles. The number of piperidine rings is 1. The Bertz CT molecular complexity index is 704. The lowest BCUT2D eigenvalue weighted by molar-refractivity contribution is 0.184. The molecule has 1 aromatic carbocycles. The molecule has 0 radical (unpaired) electrons. The summed E-state index contributed by atoms with van der Waals surface area (Å²) in [6, 6.07) is 5.30. The molecule has 0 spiro atoms. The standard InChI is InChI=1S/C17H20FN3OS/c1-12-19-17(23-20-12)21-7-5-13(6-8-21)9-15-4-3-14(11-22-2)10-16(15)18/h3-4,9-10H,5-8,11H2,1-2H3. The zero-order chi connectivity index (χ0) is 16.2. The molecule has 6 heteroatoms. The van der Waals surface area contributed by atoms with Gasteiger partial charge in [0.25, 0.3) is 0 Å². The molecule has 3 rings (SSSR count). The van der Waals surface area contributed by atoms with Crippen LogP contribution in [0.5, 0.6) is 0 Å². The average Bonchev–Trinajstić information content (AvgIpc) is 2.98. The van der Waals surface area contributed by atoms with E-state index in [1.165, 1.54) is 17.1 Å². The molecule has 1 aliphatic rings. The lowest BCUT2D eigenvalue weighted by Gasteiger charge is -2.27. The summed E-state index contributed by atoms with van der Waals surface area (Å²) in [5.41, 5.74) is 2.79. The highest BCUT2D eigenvalue weighted by molar-refractivity contribution is 7.09. The largest absolute Gasteiger partial charge is 0.380 e. The maximum atomic E-state index is 14.1. The Morgan fingerprint density at radius 3 is 2.74 bits per heavy atom. The molecule has 1 aliphatic heterocycles. The molecule has 2 aromatic rings. The van der Waals surface area contributed by atoms with Gasteiger partial charge in [0, 0.05) is 37.3 Å². The van der Waals surface area contributed by atoms with Gasteiger partial charge in [0.1, 0.15) is 11.6 Å². The molecule has 4 nitrogen and oxygen atoms in total. The normalized spacial score (nSPS) is 15.1. The fourth-order valence-electron chi connectivity index (χ4n) is 2.71. The van der Waals surface area contributed by atoms with Crippen molar-refractivity contribution in [2.75, 3.05) is 25.1 Å². The van der Waals surface area contributed by atoms with Crippen LogP contribution in [-0.4, -0.2) is 29.6 Å². The maximum absolute atomic E-state index is 14.1. The van der Waals surface area contributed by atoms with Crippen LogP contribution in [0.25, 0.3) is 6.08 Å². The lowest BCUT2D eigenvalue weighted by Crippen LogP contribution is -2.30. The van der Waals surface area contributed by atoms with E-state index in [-0.39, 0.29) is 5.82 Å². The van der Waals surface area contributed by atoms with Crippen LogP contribution in [0.2, 0.25) is 0 Å². The van der Waals surface area contributed by atoms with Crippen molar-refractivity contribution in [1.29, 1.82) is 0 Å². The molecule has 0 atom stereocenters. The van der Waals surface area contributed by atoms with Gasteiger partial charge in [0.2, 0.25) is 5.13 Å². The molecule has 0 bridgehead atoms. The number of methoxy groups -OCH3 is 1. The number of nitrogens with zero attached hydrogens (tertiary/aromatic N) is 3. The third-order valence-corrected chi connectivity index (χ3v) is 4.80. The van der Waals surface area contributed by atoms with Gasteiger partial charge in [-0.05, 0) is 31.4 Å². The minimum Gasteiger partial charge on any atom is -0.380 e. The smallest absolute Gasteiger partial charge is 0.205 e. The fourth-order valence-corrected chi connectivity index (χ4v) is 3.43. The Hall–Kier alpha value is -1.79. The zero-order valence-electron chi connectivity index (χ0n) is 13.4. The summed E-state index contributed by atoms with van der Waals surface area (Å²) >= 11 is 1.44. The first-order valence-corrected chi connectivity index (χ1v) is 8.45. The Morgan fingerprint density at radius 2 is 2.13 bits per heavy atom. The Balaban J connectivity index is 1.66. The molecule has 0 saturated carbocycles. The van der Waals surface area contributed by atoms with Crippen molar-refractivity contribution in [2.45, 2.75) is 26.4 Å². The summed E-state index contributed by atoms with van der Waals surface area (Å²) in [6.07, 6.45) is 3.84. The van der Waals surface area contributed by atoms with E-state index in [2.05, 4.69) is 14.3 Å². The van der Waals surface area contributed by atoms with E-state index in [9.17, 15) is 4.39 Å². The summed E-state index contributed by atoms with van der Waals surface area (Å²) < 4.78 is 23.4. The highest BCUT2D eigenvalue weighted by Gasteiger charge is 2.17. The number of ether oxygens (including phenoxy) is 1. The average molecular weight is 333 g/mol. The summed E-state index contributed by atoms with van der Waals surface area (Å²) in [5, 5.41) is 0.983. The third-order valence-electron chi connectivity index (χ3n) is 3.93. The van der Waals surface area contributed by atoms with Crippen molar-refractivity contribution in [3.63, 3.8) is 0 Å². The molecule has 2 heterocycles. The van der Waals surface area contributed by atoms with Crippen molar-refractivity contribution < 1.29 is 9.13 Å². The van der Waals surface area contributed by atoms with Gasteiger partial charge in [0.15, 0.2) is 0 Å². The van der Waals surface area contributed by atoms with Gasteiger partial charge in [0.05, 0.1) is 6.61 Å².